The number of nitriles is 1. The number of nitrogens with two attached hydrogens (primary N) is 1. The summed E-state index contributed by atoms with van der Waals surface area (Å²) in [6, 6.07) is 3.31. The minimum Gasteiger partial charge on any atom is -0.385 e. The van der Waals surface area contributed by atoms with E-state index in [0.29, 0.717) is 16.0 Å². The van der Waals surface area contributed by atoms with Gasteiger partial charge in [0.15, 0.2) is 9.92 Å². The maximum atomic E-state index is 14.9. The molecule has 0 spiro atoms. The molecular weight excluding hydrogens is 471 g/mol. The first-order valence-electron chi connectivity index (χ1n) is 9.70. The second-order valence-corrected chi connectivity index (χ2v) is 11.4. The van der Waals surface area contributed by atoms with Crippen molar-refractivity contribution in [3.05, 3.63) is 45.2 Å². The molecule has 11 heteroatoms. The first kappa shape index (κ1) is 28.2. The number of rotatable bonds is 6. The van der Waals surface area contributed by atoms with Crippen molar-refractivity contribution in [1.82, 2.24) is 4.98 Å². The van der Waals surface area contributed by atoms with Gasteiger partial charge in [0, 0.05) is 6.20 Å². The van der Waals surface area contributed by atoms with Crippen molar-refractivity contribution in [2.24, 2.45) is 9.50 Å². The van der Waals surface area contributed by atoms with Crippen LogP contribution in [0.1, 0.15) is 80.5 Å². The summed E-state index contributed by atoms with van der Waals surface area (Å²) in [6.45, 7) is 10.4. The van der Waals surface area contributed by atoms with E-state index in [9.17, 15) is 23.8 Å². The number of halogens is 1. The molecule has 1 aromatic heterocycles. The van der Waals surface area contributed by atoms with Gasteiger partial charge >= 0.3 is 0 Å². The van der Waals surface area contributed by atoms with Gasteiger partial charge < -0.3 is 5.11 Å². The van der Waals surface area contributed by atoms with Gasteiger partial charge in [0.2, 0.25) is 4.34 Å². The van der Waals surface area contributed by atoms with Crippen molar-refractivity contribution in [2.75, 3.05) is 0 Å². The van der Waals surface area contributed by atoms with Gasteiger partial charge in [0.25, 0.3) is 5.91 Å². The Bertz CT molecular complexity index is 1170. The van der Waals surface area contributed by atoms with Crippen LogP contribution in [0.2, 0.25) is 0 Å². The number of nitrogens with zero attached hydrogens (tertiary/aromatic N) is 3. The minimum atomic E-state index is -3.63. The molecule has 1 unspecified atom stereocenters. The van der Waals surface area contributed by atoms with E-state index in [1.807, 2.05) is 19.9 Å². The molecule has 176 valence electrons. The summed E-state index contributed by atoms with van der Waals surface area (Å²) in [5, 5.41) is 25.2. The van der Waals surface area contributed by atoms with E-state index in [-0.39, 0.29) is 47.2 Å². The Morgan fingerprint density at radius 1 is 1.38 bits per heavy atom. The average Bonchev–Trinajstić information content (AvgIpc) is 3.12. The fourth-order valence-electron chi connectivity index (χ4n) is 3.18. The maximum absolute atomic E-state index is 14.9. The van der Waals surface area contributed by atoms with Crippen molar-refractivity contribution in [1.29, 1.82) is 5.26 Å². The van der Waals surface area contributed by atoms with Crippen LogP contribution in [0.4, 0.5) is 4.39 Å². The van der Waals surface area contributed by atoms with Crippen LogP contribution in [0.3, 0.4) is 0 Å². The summed E-state index contributed by atoms with van der Waals surface area (Å²) in [7, 11) is -3.63. The zero-order chi connectivity index (χ0) is 23.7. The summed E-state index contributed by atoms with van der Waals surface area (Å²) in [6.07, 6.45) is 1.04. The molecule has 32 heavy (non-hydrogen) atoms. The van der Waals surface area contributed by atoms with E-state index in [1.165, 1.54) is 12.3 Å². The highest BCUT2D eigenvalue weighted by atomic mass is 32.2. The molecular formula is C21H29FN4O3S3. The summed E-state index contributed by atoms with van der Waals surface area (Å²) in [5.74, 6) is -1.80. The van der Waals surface area contributed by atoms with Crippen LogP contribution in [0.15, 0.2) is 21.0 Å². The van der Waals surface area contributed by atoms with Gasteiger partial charge in [0.1, 0.15) is 11.9 Å². The van der Waals surface area contributed by atoms with Crippen molar-refractivity contribution < 1.29 is 18.5 Å². The van der Waals surface area contributed by atoms with Crippen molar-refractivity contribution in [2.45, 2.75) is 69.7 Å². The molecule has 2 aromatic rings. The molecule has 0 saturated heterocycles. The molecule has 0 aliphatic heterocycles. The van der Waals surface area contributed by atoms with Crippen LogP contribution in [-0.2, 0) is 26.7 Å². The Kier molecular flexibility index (Phi) is 9.16. The molecule has 1 atom stereocenters. The molecule has 1 heterocycles. The number of amides is 1. The largest absolute Gasteiger partial charge is 0.385 e. The van der Waals surface area contributed by atoms with Gasteiger partial charge in [-0.25, -0.2) is 18.7 Å². The lowest BCUT2D eigenvalue weighted by atomic mass is 9.85. The zero-order valence-electron chi connectivity index (χ0n) is 18.9. The van der Waals surface area contributed by atoms with Gasteiger partial charge in [-0.3, -0.25) is 4.79 Å². The maximum Gasteiger partial charge on any atom is 0.259 e. The predicted octanol–water partition coefficient (Wildman–Crippen LogP) is 4.21. The first-order chi connectivity index (χ1) is 14.2. The Morgan fingerprint density at radius 3 is 2.41 bits per heavy atom. The van der Waals surface area contributed by atoms with Crippen molar-refractivity contribution in [3.8, 4) is 6.07 Å². The molecule has 2 rings (SSSR count). The van der Waals surface area contributed by atoms with Gasteiger partial charge in [-0.1, -0.05) is 27.7 Å². The highest BCUT2D eigenvalue weighted by Crippen LogP contribution is 2.33. The Balaban J connectivity index is 0.00000512. The molecule has 0 aliphatic rings. The number of benzene rings is 1. The second kappa shape index (κ2) is 10.4. The molecule has 7 nitrogen and oxygen atoms in total. The smallest absolute Gasteiger partial charge is 0.259 e. The molecule has 3 N–H and O–H groups in total. The van der Waals surface area contributed by atoms with E-state index < -0.39 is 27.2 Å². The normalized spacial score (nSPS) is 13.4. The van der Waals surface area contributed by atoms with Crippen molar-refractivity contribution >= 4 is 40.7 Å². The quantitative estimate of drug-likeness (QED) is 0.614. The predicted molar refractivity (Wildman–Crippen MR) is 129 cm³/mol. The Hall–Kier alpha value is -1.84. The van der Waals surface area contributed by atoms with Crippen LogP contribution in [0.25, 0.3) is 0 Å². The van der Waals surface area contributed by atoms with Gasteiger partial charge in [-0.2, -0.15) is 18.8 Å². The number of aliphatic hydroxyl groups is 1. The minimum absolute atomic E-state index is 0. The lowest BCUT2D eigenvalue weighted by Crippen LogP contribution is -2.17. The number of aromatic nitrogens is 1. The molecule has 0 fully saturated rings. The second-order valence-electron chi connectivity index (χ2n) is 8.42. The zero-order valence-corrected chi connectivity index (χ0v) is 21.5. The van der Waals surface area contributed by atoms with Crippen LogP contribution < -0.4 is 5.14 Å². The van der Waals surface area contributed by atoms with E-state index in [2.05, 4.69) is 9.35 Å². The molecule has 1 aromatic carbocycles. The lowest BCUT2D eigenvalue weighted by molar-refractivity contribution is -0.117. The summed E-state index contributed by atoms with van der Waals surface area (Å²) in [4.78, 5) is 17.1. The number of thiazole rings is 1. The highest BCUT2D eigenvalue weighted by molar-refractivity contribution is 7.93. The highest BCUT2D eigenvalue weighted by Gasteiger charge is 2.26. The third-order valence-electron chi connectivity index (χ3n) is 4.67. The van der Waals surface area contributed by atoms with Crippen LogP contribution in [0, 0.1) is 17.1 Å². The monoisotopic (exact) mass is 500 g/mol. The summed E-state index contributed by atoms with van der Waals surface area (Å²) >= 11 is 0.915. The van der Waals surface area contributed by atoms with Crippen molar-refractivity contribution in [3.63, 3.8) is 0 Å². The fourth-order valence-corrected chi connectivity index (χ4v) is 5.34. The Morgan fingerprint density at radius 2 is 1.97 bits per heavy atom. The summed E-state index contributed by atoms with van der Waals surface area (Å²) in [5.41, 5.74) is 0.0841. The third-order valence-corrected chi connectivity index (χ3v) is 7.82. The summed E-state index contributed by atoms with van der Waals surface area (Å²) < 4.78 is 31.4. The average molecular weight is 501 g/mol. The van der Waals surface area contributed by atoms with E-state index in [1.54, 1.807) is 27.7 Å². The van der Waals surface area contributed by atoms with E-state index in [4.69, 9.17) is 5.14 Å². The lowest BCUT2D eigenvalue weighted by Gasteiger charge is -2.20. The Labute approximate surface area is 199 Å². The van der Waals surface area contributed by atoms with Gasteiger partial charge in [0.05, 0.1) is 22.5 Å². The molecule has 0 bridgehead atoms. The molecule has 0 radical (unpaired) electrons. The van der Waals surface area contributed by atoms with Gasteiger partial charge in [-0.05, 0) is 48.4 Å². The number of hydrogen-bond acceptors (Lipinski definition) is 6. The third kappa shape index (κ3) is 6.14. The first-order valence-corrected chi connectivity index (χ1v) is 12.1. The standard InChI is InChI=1S/C21H27FN4O3S2.H2S/c1-11(2)14-7-13(9-23)19(22)18(12(3)4)15(14)8-17(27)26-31(24,29)20-25-10-16(30-20)21(5,6)28;/h7,10-12,28H,8H2,1-6H3,(H2,24,26,27,29);1H2. The van der Waals surface area contributed by atoms with Gasteiger partial charge in [-0.15, -0.1) is 15.7 Å². The number of carbonyl (C=O) groups excluding carboxylic acids is 1. The van der Waals surface area contributed by atoms with Crippen LogP contribution in [0.5, 0.6) is 0 Å². The molecule has 0 saturated carbocycles. The SMILES string of the molecule is CC(C)c1cc(C#N)c(F)c(C(C)C)c1CC(=O)N=S(N)(=O)c1ncc(C(C)(C)O)s1.S. The topological polar surface area (TPSA) is 129 Å². The van der Waals surface area contributed by atoms with E-state index in [0.717, 1.165) is 11.3 Å². The van der Waals surface area contributed by atoms with Crippen LogP contribution >= 0.6 is 24.8 Å². The number of hydrogen-bond donors (Lipinski definition) is 2. The number of carbonyl (C=O) groups is 1. The molecule has 0 aliphatic carbocycles. The van der Waals surface area contributed by atoms with E-state index >= 15 is 0 Å². The molecule has 1 amide bonds. The fraction of sp³-hybridized carbons (Fsp3) is 0.476. The van der Waals surface area contributed by atoms with Crippen LogP contribution in [-0.4, -0.2) is 20.2 Å².